The number of rotatable bonds is 1. The number of alkyl halides is 1. The summed E-state index contributed by atoms with van der Waals surface area (Å²) in [5.74, 6) is 0. The molecule has 1 unspecified atom stereocenters. The summed E-state index contributed by atoms with van der Waals surface area (Å²) in [5.41, 5.74) is 0.819. The predicted molar refractivity (Wildman–Crippen MR) is 51.3 cm³/mol. The van der Waals surface area contributed by atoms with Crippen molar-refractivity contribution < 1.29 is 0 Å². The summed E-state index contributed by atoms with van der Waals surface area (Å²) in [4.78, 5) is 2.60. The van der Waals surface area contributed by atoms with Crippen LogP contribution >= 0.6 is 22.6 Å². The van der Waals surface area contributed by atoms with Crippen LogP contribution in [0.15, 0.2) is 0 Å². The summed E-state index contributed by atoms with van der Waals surface area (Å²) in [6.45, 7) is 5.03. The lowest BCUT2D eigenvalue weighted by atomic mass is 10.1. The lowest BCUT2D eigenvalue weighted by Crippen LogP contribution is -2.26. The molecule has 0 radical (unpaired) electrons. The molecule has 2 heteroatoms. The highest BCUT2D eigenvalue weighted by atomic mass is 127. The second kappa shape index (κ2) is 2.34. The van der Waals surface area contributed by atoms with Crippen LogP contribution in [0, 0.1) is 5.41 Å². The molecule has 0 amide bonds. The fourth-order valence-corrected chi connectivity index (χ4v) is 2.33. The highest BCUT2D eigenvalue weighted by molar-refractivity contribution is 14.1. The fourth-order valence-electron chi connectivity index (χ4n) is 1.86. The van der Waals surface area contributed by atoms with Gasteiger partial charge in [-0.05, 0) is 38.1 Å². The van der Waals surface area contributed by atoms with Crippen LogP contribution in [0.5, 0.6) is 0 Å². The van der Waals surface area contributed by atoms with E-state index >= 15 is 0 Å². The van der Waals surface area contributed by atoms with E-state index in [9.17, 15) is 0 Å². The number of hydrogen-bond acceptors (Lipinski definition) is 1. The summed E-state index contributed by atoms with van der Waals surface area (Å²) in [5, 5.41) is 0. The van der Waals surface area contributed by atoms with Gasteiger partial charge in [0.25, 0.3) is 0 Å². The topological polar surface area (TPSA) is 3.24 Å². The van der Waals surface area contributed by atoms with E-state index in [-0.39, 0.29) is 0 Å². The maximum Gasteiger partial charge on any atom is 0.0590 e. The van der Waals surface area contributed by atoms with Crippen molar-refractivity contribution in [3.05, 3.63) is 0 Å². The highest BCUT2D eigenvalue weighted by Gasteiger charge is 2.47. The number of halogens is 1. The molecule has 2 rings (SSSR count). The fraction of sp³-hybridized carbons (Fsp3) is 1.00. The first-order valence-corrected chi connectivity index (χ1v) is 5.35. The molecule has 1 saturated heterocycles. The molecule has 2 fully saturated rings. The van der Waals surface area contributed by atoms with E-state index < -0.39 is 0 Å². The van der Waals surface area contributed by atoms with E-state index in [2.05, 4.69) is 34.4 Å². The Hall–Kier alpha value is 0.690. The van der Waals surface area contributed by atoms with Crippen molar-refractivity contribution in [3.63, 3.8) is 0 Å². The highest BCUT2D eigenvalue weighted by Crippen LogP contribution is 2.53. The molecule has 0 aromatic carbocycles. The van der Waals surface area contributed by atoms with Crippen molar-refractivity contribution in [2.75, 3.05) is 13.1 Å². The van der Waals surface area contributed by atoms with Gasteiger partial charge in [-0.2, -0.15) is 0 Å². The summed E-state index contributed by atoms with van der Waals surface area (Å²) >= 11 is 2.51. The van der Waals surface area contributed by atoms with Crippen LogP contribution in [0.4, 0.5) is 0 Å². The number of hydrogen-bond donors (Lipinski definition) is 0. The SMILES string of the molecule is CC(I)N1CCC2(CC2)C1. The third kappa shape index (κ3) is 1.20. The quantitative estimate of drug-likeness (QED) is 0.392. The Morgan fingerprint density at radius 3 is 2.40 bits per heavy atom. The Morgan fingerprint density at radius 1 is 1.40 bits per heavy atom. The molecule has 1 aliphatic heterocycles. The third-order valence-electron chi connectivity index (χ3n) is 2.93. The van der Waals surface area contributed by atoms with Gasteiger partial charge >= 0.3 is 0 Å². The van der Waals surface area contributed by atoms with Gasteiger partial charge in [-0.1, -0.05) is 22.6 Å². The maximum absolute atomic E-state index is 2.60. The molecule has 0 N–H and O–H groups in total. The Kier molecular flexibility index (Phi) is 1.72. The molecule has 1 nitrogen and oxygen atoms in total. The van der Waals surface area contributed by atoms with Gasteiger partial charge in [0.1, 0.15) is 0 Å². The smallest absolute Gasteiger partial charge is 0.0590 e. The average molecular weight is 251 g/mol. The molecule has 1 saturated carbocycles. The van der Waals surface area contributed by atoms with Crippen LogP contribution in [0.2, 0.25) is 0 Å². The van der Waals surface area contributed by atoms with Gasteiger partial charge in [0.15, 0.2) is 0 Å². The molecule has 1 aliphatic carbocycles. The van der Waals surface area contributed by atoms with E-state index in [1.165, 1.54) is 32.4 Å². The van der Waals surface area contributed by atoms with E-state index in [1.54, 1.807) is 0 Å². The molecular weight excluding hydrogens is 237 g/mol. The van der Waals surface area contributed by atoms with Crippen LogP contribution in [0.3, 0.4) is 0 Å². The van der Waals surface area contributed by atoms with Crippen LogP contribution in [0.1, 0.15) is 26.2 Å². The molecule has 2 aliphatic rings. The lowest BCUT2D eigenvalue weighted by Gasteiger charge is -2.18. The molecule has 1 spiro atoms. The summed E-state index contributed by atoms with van der Waals surface area (Å²) in [6.07, 6.45) is 4.49. The lowest BCUT2D eigenvalue weighted by molar-refractivity contribution is 0.324. The third-order valence-corrected chi connectivity index (χ3v) is 3.72. The number of likely N-dealkylation sites (tertiary alicyclic amines) is 1. The van der Waals surface area contributed by atoms with E-state index in [0.29, 0.717) is 0 Å². The van der Waals surface area contributed by atoms with Crippen LogP contribution in [-0.2, 0) is 0 Å². The first-order valence-electron chi connectivity index (χ1n) is 4.10. The van der Waals surface area contributed by atoms with E-state index in [1.807, 2.05) is 0 Å². The summed E-state index contributed by atoms with van der Waals surface area (Å²) in [6, 6.07) is 0. The first kappa shape index (κ1) is 7.35. The molecule has 0 bridgehead atoms. The molecule has 10 heavy (non-hydrogen) atoms. The van der Waals surface area contributed by atoms with Gasteiger partial charge < -0.3 is 0 Å². The van der Waals surface area contributed by atoms with Crippen molar-refractivity contribution in [3.8, 4) is 0 Å². The van der Waals surface area contributed by atoms with Crippen molar-refractivity contribution in [2.45, 2.75) is 30.2 Å². The van der Waals surface area contributed by atoms with Gasteiger partial charge in [0.05, 0.1) is 4.05 Å². The summed E-state index contributed by atoms with van der Waals surface area (Å²) < 4.78 is 0.748. The van der Waals surface area contributed by atoms with Crippen molar-refractivity contribution in [1.29, 1.82) is 0 Å². The van der Waals surface area contributed by atoms with Crippen LogP contribution in [0.25, 0.3) is 0 Å². The van der Waals surface area contributed by atoms with Crippen molar-refractivity contribution in [2.24, 2.45) is 5.41 Å². The number of nitrogens with zero attached hydrogens (tertiary/aromatic N) is 1. The molecule has 1 atom stereocenters. The van der Waals surface area contributed by atoms with E-state index in [4.69, 9.17) is 0 Å². The minimum Gasteiger partial charge on any atom is -0.291 e. The minimum atomic E-state index is 0.748. The maximum atomic E-state index is 2.60. The second-order valence-corrected chi connectivity index (χ2v) is 5.60. The van der Waals surface area contributed by atoms with Crippen LogP contribution in [-0.4, -0.2) is 22.0 Å². The Labute approximate surface area is 76.3 Å². The minimum absolute atomic E-state index is 0.748. The second-order valence-electron chi connectivity index (χ2n) is 3.79. The standard InChI is InChI=1S/C8H14IN/c1-7(9)10-5-4-8(6-10)2-3-8/h7H,2-6H2,1H3. The molecule has 1 heterocycles. The average Bonchev–Trinajstić information content (AvgIpc) is 2.41. The van der Waals surface area contributed by atoms with Gasteiger partial charge in [-0.25, -0.2) is 0 Å². The monoisotopic (exact) mass is 251 g/mol. The van der Waals surface area contributed by atoms with Gasteiger partial charge in [0.2, 0.25) is 0 Å². The zero-order valence-electron chi connectivity index (χ0n) is 6.44. The largest absolute Gasteiger partial charge is 0.291 e. The Balaban J connectivity index is 1.93. The van der Waals surface area contributed by atoms with Gasteiger partial charge in [-0.15, -0.1) is 0 Å². The first-order chi connectivity index (χ1) is 4.72. The van der Waals surface area contributed by atoms with Crippen molar-refractivity contribution in [1.82, 2.24) is 4.90 Å². The zero-order chi connectivity index (χ0) is 7.19. The molecule has 58 valence electrons. The van der Waals surface area contributed by atoms with Crippen LogP contribution < -0.4 is 0 Å². The Bertz CT molecular complexity index is 140. The molecule has 0 aromatic rings. The molecule has 0 aromatic heterocycles. The van der Waals surface area contributed by atoms with E-state index in [0.717, 1.165) is 9.46 Å². The van der Waals surface area contributed by atoms with Gasteiger partial charge in [-0.3, -0.25) is 4.90 Å². The summed E-state index contributed by atoms with van der Waals surface area (Å²) in [7, 11) is 0. The van der Waals surface area contributed by atoms with Gasteiger partial charge in [0, 0.05) is 6.54 Å². The zero-order valence-corrected chi connectivity index (χ0v) is 8.60. The predicted octanol–water partition coefficient (Wildman–Crippen LogP) is 2.25. The normalized spacial score (nSPS) is 33.0. The van der Waals surface area contributed by atoms with Crippen molar-refractivity contribution >= 4 is 22.6 Å². The molecular formula is C8H14IN. The Morgan fingerprint density at radius 2 is 2.10 bits per heavy atom.